The maximum atomic E-state index is 14.3. The predicted molar refractivity (Wildman–Crippen MR) is 74.6 cm³/mol. The molecular weight excluding hydrogens is 427 g/mol. The van der Waals surface area contributed by atoms with E-state index in [2.05, 4.69) is 4.98 Å². The molecule has 1 aromatic heterocycles. The van der Waals surface area contributed by atoms with Crippen LogP contribution >= 0.6 is 0 Å². The molecule has 0 saturated carbocycles. The summed E-state index contributed by atoms with van der Waals surface area (Å²) in [7, 11) is 0. The van der Waals surface area contributed by atoms with Gasteiger partial charge in [0.2, 0.25) is 11.6 Å². The molecular formula is C17H2F11N. The van der Waals surface area contributed by atoms with Gasteiger partial charge in [-0.25, -0.2) is 48.3 Å². The highest BCUT2D eigenvalue weighted by Crippen LogP contribution is 2.35. The normalized spacial score (nSPS) is 11.3. The van der Waals surface area contributed by atoms with E-state index >= 15 is 0 Å². The molecule has 29 heavy (non-hydrogen) atoms. The van der Waals surface area contributed by atoms with Crippen LogP contribution in [0.4, 0.5) is 48.3 Å². The second-order valence-corrected chi connectivity index (χ2v) is 5.44. The summed E-state index contributed by atoms with van der Waals surface area (Å²) >= 11 is 0. The van der Waals surface area contributed by atoms with Crippen molar-refractivity contribution in [1.82, 2.24) is 4.98 Å². The topological polar surface area (TPSA) is 12.9 Å². The van der Waals surface area contributed by atoms with E-state index < -0.39 is 86.4 Å². The molecule has 152 valence electrons. The Morgan fingerprint density at radius 3 is 1.17 bits per heavy atom. The minimum atomic E-state index is -2.52. The van der Waals surface area contributed by atoms with Crippen molar-refractivity contribution in [3.63, 3.8) is 0 Å². The van der Waals surface area contributed by atoms with Crippen LogP contribution in [0.15, 0.2) is 12.3 Å². The molecule has 0 aliphatic carbocycles. The lowest BCUT2D eigenvalue weighted by atomic mass is 10.0. The van der Waals surface area contributed by atoms with Crippen LogP contribution in [0.2, 0.25) is 0 Å². The number of hydrogen-bond donors (Lipinski definition) is 0. The summed E-state index contributed by atoms with van der Waals surface area (Å²) in [6.07, 6.45) is 0.112. The first kappa shape index (κ1) is 20.6. The predicted octanol–water partition coefficient (Wildman–Crippen LogP) is 5.95. The second kappa shape index (κ2) is 7.01. The lowest BCUT2D eigenvalue weighted by molar-refractivity contribution is 0.380. The molecule has 0 aliphatic rings. The molecule has 3 rings (SSSR count). The van der Waals surface area contributed by atoms with Gasteiger partial charge in [-0.3, -0.25) is 4.98 Å². The molecule has 0 aliphatic heterocycles. The summed E-state index contributed by atoms with van der Waals surface area (Å²) < 4.78 is 149. The lowest BCUT2D eigenvalue weighted by Gasteiger charge is -2.11. The molecule has 0 saturated heterocycles. The number of benzene rings is 2. The molecule has 0 atom stereocenters. The fourth-order valence-corrected chi connectivity index (χ4v) is 2.42. The molecule has 0 bridgehead atoms. The van der Waals surface area contributed by atoms with Gasteiger partial charge >= 0.3 is 0 Å². The Balaban J connectivity index is 2.26. The van der Waals surface area contributed by atoms with Crippen LogP contribution < -0.4 is 0 Å². The zero-order valence-corrected chi connectivity index (χ0v) is 13.3. The average Bonchev–Trinajstić information content (AvgIpc) is 2.69. The summed E-state index contributed by atoms with van der Waals surface area (Å²) in [4.78, 5) is 3.14. The molecule has 12 heteroatoms. The quantitative estimate of drug-likeness (QED) is 0.279. The molecule has 0 N–H and O–H groups in total. The lowest BCUT2D eigenvalue weighted by Crippen LogP contribution is -2.07. The van der Waals surface area contributed by atoms with E-state index in [1.165, 1.54) is 0 Å². The maximum Gasteiger partial charge on any atom is 0.200 e. The Kier molecular flexibility index (Phi) is 4.97. The van der Waals surface area contributed by atoms with Crippen LogP contribution in [0, 0.1) is 64.0 Å². The summed E-state index contributed by atoms with van der Waals surface area (Å²) in [6, 6.07) is 0.00561. The first-order chi connectivity index (χ1) is 13.5. The number of nitrogens with zero attached hydrogens (tertiary/aromatic N) is 1. The largest absolute Gasteiger partial charge is 0.255 e. The molecule has 0 unspecified atom stereocenters. The SMILES string of the molecule is Fc1cc(-c2c(F)c(F)c(F)c(F)c2F)ncc1-c1c(F)c(F)c(F)c(F)c1F. The van der Waals surface area contributed by atoms with E-state index in [1.807, 2.05) is 0 Å². The molecule has 0 fully saturated rings. The van der Waals surface area contributed by atoms with Crippen molar-refractivity contribution in [3.05, 3.63) is 76.3 Å². The summed E-state index contributed by atoms with van der Waals surface area (Å²) in [5.41, 5.74) is -5.91. The summed E-state index contributed by atoms with van der Waals surface area (Å²) in [5, 5.41) is 0. The van der Waals surface area contributed by atoms with E-state index in [0.29, 0.717) is 0 Å². The van der Waals surface area contributed by atoms with Crippen molar-refractivity contribution >= 4 is 0 Å². The Morgan fingerprint density at radius 1 is 0.448 bits per heavy atom. The highest BCUT2D eigenvalue weighted by atomic mass is 19.2. The number of pyridine rings is 1. The summed E-state index contributed by atoms with van der Waals surface area (Å²) in [6.45, 7) is 0. The molecule has 3 aromatic rings. The van der Waals surface area contributed by atoms with Crippen LogP contribution in [0.25, 0.3) is 22.4 Å². The Hall–Kier alpha value is -3.18. The van der Waals surface area contributed by atoms with Gasteiger partial charge in [-0.1, -0.05) is 0 Å². The molecule has 0 radical (unpaired) electrons. The zero-order chi connectivity index (χ0) is 21.8. The fourth-order valence-electron chi connectivity index (χ4n) is 2.42. The fraction of sp³-hybridized carbons (Fsp3) is 0. The minimum absolute atomic E-state index is 0.00561. The van der Waals surface area contributed by atoms with Gasteiger partial charge in [-0.15, -0.1) is 0 Å². The van der Waals surface area contributed by atoms with Crippen molar-refractivity contribution < 1.29 is 48.3 Å². The van der Waals surface area contributed by atoms with Crippen LogP contribution in [-0.2, 0) is 0 Å². The van der Waals surface area contributed by atoms with Gasteiger partial charge < -0.3 is 0 Å². The number of hydrogen-bond acceptors (Lipinski definition) is 1. The van der Waals surface area contributed by atoms with Gasteiger partial charge in [0, 0.05) is 17.8 Å². The van der Waals surface area contributed by atoms with Crippen molar-refractivity contribution in [1.29, 1.82) is 0 Å². The standard InChI is InChI=1S/C17H2F11N/c18-4-1-5(7-10(21)14(25)17(28)15(26)11(7)22)29-2-3(4)6-8(19)12(23)16(27)13(24)9(6)20/h1-2H. The van der Waals surface area contributed by atoms with Gasteiger partial charge in [0.25, 0.3) is 0 Å². The van der Waals surface area contributed by atoms with Gasteiger partial charge in [0.15, 0.2) is 46.5 Å². The van der Waals surface area contributed by atoms with Crippen LogP contribution in [0.1, 0.15) is 0 Å². The smallest absolute Gasteiger partial charge is 0.200 e. The Morgan fingerprint density at radius 2 is 0.793 bits per heavy atom. The molecule has 2 aromatic carbocycles. The van der Waals surface area contributed by atoms with Gasteiger partial charge in [0.1, 0.15) is 5.82 Å². The number of aromatic nitrogens is 1. The maximum absolute atomic E-state index is 14.3. The zero-order valence-electron chi connectivity index (χ0n) is 13.3. The first-order valence-corrected chi connectivity index (χ1v) is 7.18. The third kappa shape index (κ3) is 2.98. The van der Waals surface area contributed by atoms with Gasteiger partial charge in [0.05, 0.1) is 16.8 Å². The summed E-state index contributed by atoms with van der Waals surface area (Å²) in [5.74, 6) is -26.0. The highest BCUT2D eigenvalue weighted by molar-refractivity contribution is 5.69. The van der Waals surface area contributed by atoms with E-state index in [-0.39, 0.29) is 12.3 Å². The monoisotopic (exact) mass is 429 g/mol. The van der Waals surface area contributed by atoms with Crippen LogP contribution in [0.5, 0.6) is 0 Å². The van der Waals surface area contributed by atoms with Gasteiger partial charge in [-0.05, 0) is 0 Å². The molecule has 0 amide bonds. The highest BCUT2D eigenvalue weighted by Gasteiger charge is 2.30. The Labute approximate surface area is 153 Å². The number of halogens is 11. The Bertz CT molecular complexity index is 1120. The van der Waals surface area contributed by atoms with E-state index in [1.54, 1.807) is 0 Å². The van der Waals surface area contributed by atoms with E-state index in [4.69, 9.17) is 0 Å². The molecule has 1 nitrogen and oxygen atoms in total. The molecule has 0 spiro atoms. The third-order valence-corrected chi connectivity index (χ3v) is 3.80. The van der Waals surface area contributed by atoms with Crippen LogP contribution in [-0.4, -0.2) is 4.98 Å². The minimum Gasteiger partial charge on any atom is -0.255 e. The van der Waals surface area contributed by atoms with E-state index in [9.17, 15) is 48.3 Å². The average molecular weight is 429 g/mol. The third-order valence-electron chi connectivity index (χ3n) is 3.80. The van der Waals surface area contributed by atoms with Crippen molar-refractivity contribution in [2.24, 2.45) is 0 Å². The van der Waals surface area contributed by atoms with Crippen molar-refractivity contribution in [2.45, 2.75) is 0 Å². The van der Waals surface area contributed by atoms with Gasteiger partial charge in [-0.2, -0.15) is 0 Å². The molecule has 1 heterocycles. The van der Waals surface area contributed by atoms with Crippen molar-refractivity contribution in [2.75, 3.05) is 0 Å². The van der Waals surface area contributed by atoms with Crippen molar-refractivity contribution in [3.8, 4) is 22.4 Å². The number of rotatable bonds is 2. The van der Waals surface area contributed by atoms with E-state index in [0.717, 1.165) is 0 Å². The first-order valence-electron chi connectivity index (χ1n) is 7.18. The van der Waals surface area contributed by atoms with Crippen LogP contribution in [0.3, 0.4) is 0 Å². The second-order valence-electron chi connectivity index (χ2n) is 5.44.